The Morgan fingerprint density at radius 1 is 0.897 bits per heavy atom. The Kier molecular flexibility index (Phi) is 4.69. The van der Waals surface area contributed by atoms with E-state index in [1.165, 1.54) is 5.56 Å². The normalized spacial score (nSPS) is 11.2. The molecule has 2 aromatic heterocycles. The highest BCUT2D eigenvalue weighted by molar-refractivity contribution is 9.10. The number of para-hydroxylation sites is 1. The van der Waals surface area contributed by atoms with Crippen LogP contribution in [0.3, 0.4) is 0 Å². The number of anilines is 1. The van der Waals surface area contributed by atoms with Crippen molar-refractivity contribution in [2.45, 2.75) is 6.42 Å². The summed E-state index contributed by atoms with van der Waals surface area (Å²) in [6.45, 7) is 0.797. The maximum absolute atomic E-state index is 4.91. The number of fused-ring (bicyclic) bond motifs is 3. The molecule has 0 saturated carbocycles. The maximum Gasteiger partial charge on any atom is 0.186 e. The Labute approximate surface area is 176 Å². The highest BCUT2D eigenvalue weighted by Crippen LogP contribution is 2.29. The number of hydrogen-bond acceptors (Lipinski definition) is 4. The van der Waals surface area contributed by atoms with E-state index in [0.717, 1.165) is 51.1 Å². The quantitative estimate of drug-likeness (QED) is 0.397. The van der Waals surface area contributed by atoms with Crippen LogP contribution in [0, 0.1) is 0 Å². The molecule has 1 N–H and O–H groups in total. The van der Waals surface area contributed by atoms with Crippen LogP contribution in [0.5, 0.6) is 0 Å². The van der Waals surface area contributed by atoms with Crippen LogP contribution in [0.25, 0.3) is 27.8 Å². The third-order valence-electron chi connectivity index (χ3n) is 4.90. The minimum Gasteiger partial charge on any atom is -0.369 e. The van der Waals surface area contributed by atoms with Crippen molar-refractivity contribution in [3.05, 3.63) is 88.9 Å². The number of benzene rings is 3. The topological polar surface area (TPSA) is 55.1 Å². The van der Waals surface area contributed by atoms with E-state index in [-0.39, 0.29) is 0 Å². The largest absolute Gasteiger partial charge is 0.369 e. The molecule has 6 heteroatoms. The first-order valence-electron chi connectivity index (χ1n) is 9.47. The fourth-order valence-electron chi connectivity index (χ4n) is 3.49. The molecule has 5 aromatic rings. The lowest BCUT2D eigenvalue weighted by atomic mass is 10.1. The van der Waals surface area contributed by atoms with Gasteiger partial charge in [-0.1, -0.05) is 75.7 Å². The van der Waals surface area contributed by atoms with Gasteiger partial charge in [0.2, 0.25) is 0 Å². The average molecular weight is 444 g/mol. The summed E-state index contributed by atoms with van der Waals surface area (Å²) in [5, 5.41) is 13.4. The summed E-state index contributed by atoms with van der Waals surface area (Å²) < 4.78 is 2.81. The van der Waals surface area contributed by atoms with Crippen LogP contribution in [0.15, 0.2) is 83.3 Å². The zero-order valence-corrected chi connectivity index (χ0v) is 17.2. The molecular weight excluding hydrogens is 426 g/mol. The molecule has 3 aromatic carbocycles. The summed E-state index contributed by atoms with van der Waals surface area (Å²) in [4.78, 5) is 4.91. The molecule has 0 aliphatic heterocycles. The number of nitrogens with one attached hydrogen (secondary N) is 1. The van der Waals surface area contributed by atoms with Gasteiger partial charge in [-0.15, -0.1) is 5.10 Å². The Bertz CT molecular complexity index is 1300. The Morgan fingerprint density at radius 2 is 1.72 bits per heavy atom. The predicted octanol–water partition coefficient (Wildman–Crippen LogP) is 5.36. The first kappa shape index (κ1) is 17.8. The molecular formula is C23H18BrN5. The predicted molar refractivity (Wildman–Crippen MR) is 120 cm³/mol. The van der Waals surface area contributed by atoms with Crippen LogP contribution in [-0.4, -0.2) is 26.4 Å². The van der Waals surface area contributed by atoms with E-state index in [2.05, 4.69) is 61.9 Å². The molecule has 0 spiro atoms. The molecule has 0 aliphatic rings. The smallest absolute Gasteiger partial charge is 0.186 e. The molecule has 5 rings (SSSR count). The van der Waals surface area contributed by atoms with Crippen molar-refractivity contribution in [2.75, 3.05) is 11.9 Å². The molecule has 142 valence electrons. The molecule has 0 amide bonds. The lowest BCUT2D eigenvalue weighted by Gasteiger charge is -2.10. The van der Waals surface area contributed by atoms with E-state index >= 15 is 0 Å². The van der Waals surface area contributed by atoms with Gasteiger partial charge in [0.25, 0.3) is 0 Å². The van der Waals surface area contributed by atoms with Crippen LogP contribution in [0.1, 0.15) is 5.56 Å². The molecule has 0 fully saturated rings. The van der Waals surface area contributed by atoms with Gasteiger partial charge in [0.05, 0.1) is 5.52 Å². The van der Waals surface area contributed by atoms with Crippen LogP contribution in [0.2, 0.25) is 0 Å². The Morgan fingerprint density at radius 3 is 2.59 bits per heavy atom. The fourth-order valence-corrected chi connectivity index (χ4v) is 3.89. The minimum atomic E-state index is 0.740. The van der Waals surface area contributed by atoms with Crippen LogP contribution in [0.4, 0.5) is 5.82 Å². The van der Waals surface area contributed by atoms with Crippen LogP contribution < -0.4 is 5.32 Å². The van der Waals surface area contributed by atoms with Crippen molar-refractivity contribution in [1.29, 1.82) is 0 Å². The summed E-state index contributed by atoms with van der Waals surface area (Å²) in [6, 6.07) is 26.6. The lowest BCUT2D eigenvalue weighted by Crippen LogP contribution is -2.08. The van der Waals surface area contributed by atoms with Crippen molar-refractivity contribution in [3.63, 3.8) is 0 Å². The molecule has 0 bridgehead atoms. The number of aromatic nitrogens is 4. The number of nitrogens with zero attached hydrogens (tertiary/aromatic N) is 4. The fraction of sp³-hybridized carbons (Fsp3) is 0.0870. The van der Waals surface area contributed by atoms with Gasteiger partial charge in [-0.25, -0.2) is 4.98 Å². The Balaban J connectivity index is 1.57. The highest BCUT2D eigenvalue weighted by atomic mass is 79.9. The standard InChI is InChI=1S/C23H18BrN5/c24-18-10-6-9-17(15-18)21-23-26-22(25-14-13-16-7-2-1-3-8-16)19-11-4-5-12-20(19)29(23)28-27-21/h1-12,15H,13-14H2,(H,25,26). The number of halogens is 1. The van der Waals surface area contributed by atoms with Gasteiger partial charge >= 0.3 is 0 Å². The van der Waals surface area contributed by atoms with E-state index in [0.29, 0.717) is 0 Å². The van der Waals surface area contributed by atoms with Crippen molar-refractivity contribution in [1.82, 2.24) is 19.8 Å². The van der Waals surface area contributed by atoms with E-state index in [9.17, 15) is 0 Å². The molecule has 29 heavy (non-hydrogen) atoms. The van der Waals surface area contributed by atoms with E-state index in [4.69, 9.17) is 4.98 Å². The SMILES string of the molecule is Brc1cccc(-c2nnn3c2nc(NCCc2ccccc2)c2ccccc23)c1. The molecule has 5 nitrogen and oxygen atoms in total. The second-order valence-electron chi connectivity index (χ2n) is 6.82. The van der Waals surface area contributed by atoms with E-state index in [1.807, 2.05) is 53.0 Å². The summed E-state index contributed by atoms with van der Waals surface area (Å²) in [5.41, 5.74) is 4.76. The summed E-state index contributed by atoms with van der Waals surface area (Å²) in [5.74, 6) is 0.850. The average Bonchev–Trinajstić information content (AvgIpc) is 3.19. The van der Waals surface area contributed by atoms with Gasteiger partial charge in [-0.05, 0) is 36.2 Å². The first-order chi connectivity index (χ1) is 14.3. The van der Waals surface area contributed by atoms with Gasteiger partial charge in [-0.3, -0.25) is 0 Å². The number of hydrogen-bond donors (Lipinski definition) is 1. The van der Waals surface area contributed by atoms with Crippen molar-refractivity contribution in [2.24, 2.45) is 0 Å². The van der Waals surface area contributed by atoms with Gasteiger partial charge < -0.3 is 5.32 Å². The van der Waals surface area contributed by atoms with E-state index < -0.39 is 0 Å². The second-order valence-corrected chi connectivity index (χ2v) is 7.74. The molecule has 0 saturated heterocycles. The van der Waals surface area contributed by atoms with Gasteiger partial charge in [0.15, 0.2) is 5.65 Å². The zero-order chi connectivity index (χ0) is 19.6. The van der Waals surface area contributed by atoms with E-state index in [1.54, 1.807) is 0 Å². The molecule has 0 aliphatic carbocycles. The van der Waals surface area contributed by atoms with Crippen molar-refractivity contribution < 1.29 is 0 Å². The van der Waals surface area contributed by atoms with Crippen LogP contribution in [-0.2, 0) is 6.42 Å². The molecule has 2 heterocycles. The Hall–Kier alpha value is -3.25. The summed E-state index contributed by atoms with van der Waals surface area (Å²) in [6.07, 6.45) is 0.929. The third-order valence-corrected chi connectivity index (χ3v) is 5.39. The van der Waals surface area contributed by atoms with Gasteiger partial charge in [-0.2, -0.15) is 4.52 Å². The zero-order valence-electron chi connectivity index (χ0n) is 15.6. The summed E-state index contributed by atoms with van der Waals surface area (Å²) in [7, 11) is 0. The van der Waals surface area contributed by atoms with Crippen molar-refractivity contribution >= 4 is 38.3 Å². The third kappa shape index (κ3) is 3.47. The molecule has 0 radical (unpaired) electrons. The second kappa shape index (κ2) is 7.64. The number of rotatable bonds is 5. The van der Waals surface area contributed by atoms with Gasteiger partial charge in [0.1, 0.15) is 11.5 Å². The maximum atomic E-state index is 4.91. The van der Waals surface area contributed by atoms with Crippen molar-refractivity contribution in [3.8, 4) is 11.3 Å². The lowest BCUT2D eigenvalue weighted by molar-refractivity contribution is 0.876. The van der Waals surface area contributed by atoms with Crippen LogP contribution >= 0.6 is 15.9 Å². The monoisotopic (exact) mass is 443 g/mol. The minimum absolute atomic E-state index is 0.740. The van der Waals surface area contributed by atoms with Gasteiger partial charge in [0, 0.05) is 22.0 Å². The highest BCUT2D eigenvalue weighted by Gasteiger charge is 2.15. The summed E-state index contributed by atoms with van der Waals surface area (Å²) >= 11 is 3.53. The molecule has 0 atom stereocenters. The molecule has 0 unspecified atom stereocenters. The first-order valence-corrected chi connectivity index (χ1v) is 10.3.